The van der Waals surface area contributed by atoms with Crippen molar-refractivity contribution >= 4 is 0 Å². The molecule has 0 spiro atoms. The van der Waals surface area contributed by atoms with Crippen LogP contribution in [0.2, 0.25) is 0 Å². The Morgan fingerprint density at radius 1 is 0.561 bits per heavy atom. The minimum Gasteiger partial charge on any atom is -0.508 e. The van der Waals surface area contributed by atoms with Crippen molar-refractivity contribution in [1.29, 1.82) is 0 Å². The fourth-order valence-corrected chi connectivity index (χ4v) is 5.66. The Balaban J connectivity index is 1.55. The van der Waals surface area contributed by atoms with E-state index in [4.69, 9.17) is 9.47 Å². The first-order chi connectivity index (χ1) is 19.5. The van der Waals surface area contributed by atoms with Crippen LogP contribution in [-0.2, 0) is 6.42 Å². The van der Waals surface area contributed by atoms with Gasteiger partial charge >= 0.3 is 0 Å². The van der Waals surface area contributed by atoms with Crippen LogP contribution in [0, 0.1) is 0 Å². The van der Waals surface area contributed by atoms with E-state index in [1.54, 1.807) is 12.1 Å². The highest BCUT2D eigenvalue weighted by atomic mass is 16.5. The molecule has 0 bridgehead atoms. The van der Waals surface area contributed by atoms with E-state index >= 15 is 0 Å². The van der Waals surface area contributed by atoms with Crippen molar-refractivity contribution in [2.45, 2.75) is 36.8 Å². The molecule has 11 nitrogen and oxygen atoms in total. The molecule has 0 radical (unpaired) electrons. The molecule has 2 heterocycles. The fraction of sp³-hybridized carbons (Fsp3) is 0.200. The average molecular weight is 563 g/mol. The number of rotatable bonds is 3. The highest BCUT2D eigenvalue weighted by Gasteiger charge is 2.46. The topological polar surface area (TPSA) is 201 Å². The van der Waals surface area contributed by atoms with Crippen LogP contribution in [0.1, 0.15) is 45.9 Å². The molecule has 9 N–H and O–H groups in total. The molecule has 2 aliphatic rings. The molecule has 6 rings (SSSR count). The third-order valence-corrected chi connectivity index (χ3v) is 7.57. The van der Waals surface area contributed by atoms with Gasteiger partial charge in [-0.05, 0) is 35.4 Å². The summed E-state index contributed by atoms with van der Waals surface area (Å²) >= 11 is 0. The van der Waals surface area contributed by atoms with Crippen LogP contribution >= 0.6 is 0 Å². The normalized spacial score (nSPS) is 23.1. The lowest BCUT2D eigenvalue weighted by Crippen LogP contribution is -2.36. The van der Waals surface area contributed by atoms with E-state index in [0.717, 1.165) is 12.1 Å². The molecular formula is C30H26O11. The highest BCUT2D eigenvalue weighted by Crippen LogP contribution is 2.57. The van der Waals surface area contributed by atoms with Gasteiger partial charge in [-0.15, -0.1) is 0 Å². The summed E-state index contributed by atoms with van der Waals surface area (Å²) in [5.41, 5.74) is 0.857. The fourth-order valence-electron chi connectivity index (χ4n) is 5.66. The van der Waals surface area contributed by atoms with E-state index in [1.807, 2.05) is 0 Å². The quantitative estimate of drug-likeness (QED) is 0.166. The molecule has 5 atom stereocenters. The Bertz CT molecular complexity index is 1650. The van der Waals surface area contributed by atoms with Crippen LogP contribution in [0.15, 0.2) is 60.7 Å². The van der Waals surface area contributed by atoms with Gasteiger partial charge in [0.1, 0.15) is 52.5 Å². The molecule has 0 saturated heterocycles. The number of hydrogen-bond donors (Lipinski definition) is 9. The lowest BCUT2D eigenvalue weighted by atomic mass is 9.77. The molecule has 0 unspecified atom stereocenters. The molecule has 4 aromatic carbocycles. The van der Waals surface area contributed by atoms with Crippen LogP contribution in [0.25, 0.3) is 0 Å². The molecule has 0 aliphatic carbocycles. The molecule has 0 fully saturated rings. The number of benzene rings is 4. The average Bonchev–Trinajstić information content (AvgIpc) is 2.92. The highest BCUT2D eigenvalue weighted by molar-refractivity contribution is 5.65. The zero-order chi connectivity index (χ0) is 29.2. The Labute approximate surface area is 232 Å². The van der Waals surface area contributed by atoms with Crippen LogP contribution in [0.4, 0.5) is 0 Å². The second kappa shape index (κ2) is 9.58. The molecular weight excluding hydrogens is 536 g/mol. The van der Waals surface area contributed by atoms with E-state index in [2.05, 4.69) is 0 Å². The predicted octanol–water partition coefficient (Wildman–Crippen LogP) is 3.29. The van der Waals surface area contributed by atoms with Gasteiger partial charge in [-0.2, -0.15) is 0 Å². The standard InChI is InChI=1S/C30H26O11/c31-14-4-1-12(2-5-14)28-22(38)10-16-18(34)11-21(37)25(30(16)41-28)26-24-20(36)8-15(32)9-23(24)40-29(27(26)39)13-3-6-17(33)19(35)7-13/h1-9,11,22,26-29,31-39H,10H2/t22-,26+,27+,28-,29+/m0/s1. The molecule has 0 saturated carbocycles. The van der Waals surface area contributed by atoms with Crippen molar-refractivity contribution in [2.75, 3.05) is 0 Å². The number of phenolic OH excluding ortho intramolecular Hbond substituents is 7. The summed E-state index contributed by atoms with van der Waals surface area (Å²) < 4.78 is 12.2. The number of ether oxygens (including phenoxy) is 2. The van der Waals surface area contributed by atoms with E-state index in [-0.39, 0.29) is 57.4 Å². The summed E-state index contributed by atoms with van der Waals surface area (Å²) in [5.74, 6) is -3.87. The molecule has 11 heteroatoms. The second-order valence-electron chi connectivity index (χ2n) is 10.2. The van der Waals surface area contributed by atoms with Crippen molar-refractivity contribution < 1.29 is 55.4 Å². The smallest absolute Gasteiger partial charge is 0.157 e. The number of aliphatic hydroxyl groups is 2. The SMILES string of the molecule is Oc1ccc([C@@H]2Oc3c(c(O)cc(O)c3[C@H]3c4c(O)cc(O)cc4O[C@H](c4ccc(O)c(O)c4)[C@@H]3O)C[C@@H]2O)cc1. The number of fused-ring (bicyclic) bond motifs is 2. The molecule has 41 heavy (non-hydrogen) atoms. The number of hydrogen-bond acceptors (Lipinski definition) is 11. The van der Waals surface area contributed by atoms with Crippen LogP contribution < -0.4 is 9.47 Å². The first kappa shape index (κ1) is 26.2. The number of aliphatic hydroxyl groups excluding tert-OH is 2. The Kier molecular flexibility index (Phi) is 6.13. The van der Waals surface area contributed by atoms with E-state index < -0.39 is 53.3 Å². The first-order valence-corrected chi connectivity index (χ1v) is 12.7. The van der Waals surface area contributed by atoms with Crippen LogP contribution in [-0.4, -0.2) is 58.2 Å². The summed E-state index contributed by atoms with van der Waals surface area (Å²) in [6.45, 7) is 0. The Morgan fingerprint density at radius 3 is 1.95 bits per heavy atom. The summed E-state index contributed by atoms with van der Waals surface area (Å²) in [6, 6.07) is 13.1. The van der Waals surface area contributed by atoms with E-state index in [1.165, 1.54) is 36.4 Å². The van der Waals surface area contributed by atoms with Crippen molar-refractivity contribution in [3.8, 4) is 51.7 Å². The third kappa shape index (κ3) is 4.31. The van der Waals surface area contributed by atoms with Crippen molar-refractivity contribution in [3.05, 3.63) is 88.5 Å². The summed E-state index contributed by atoms with van der Waals surface area (Å²) in [5, 5.41) is 95.3. The van der Waals surface area contributed by atoms with Gasteiger partial charge in [-0.25, -0.2) is 0 Å². The largest absolute Gasteiger partial charge is 0.508 e. The number of aromatic hydroxyl groups is 7. The third-order valence-electron chi connectivity index (χ3n) is 7.57. The van der Waals surface area contributed by atoms with Crippen LogP contribution in [0.3, 0.4) is 0 Å². The monoisotopic (exact) mass is 562 g/mol. The van der Waals surface area contributed by atoms with Gasteiger partial charge in [-0.3, -0.25) is 0 Å². The summed E-state index contributed by atoms with van der Waals surface area (Å²) in [7, 11) is 0. The second-order valence-corrected chi connectivity index (χ2v) is 10.2. The van der Waals surface area contributed by atoms with Gasteiger partial charge in [-0.1, -0.05) is 18.2 Å². The van der Waals surface area contributed by atoms with E-state index in [9.17, 15) is 46.0 Å². The molecule has 4 aromatic rings. The summed E-state index contributed by atoms with van der Waals surface area (Å²) in [6.07, 6.45) is -4.99. The maximum absolute atomic E-state index is 11.7. The predicted molar refractivity (Wildman–Crippen MR) is 142 cm³/mol. The minimum absolute atomic E-state index is 0.00222. The zero-order valence-electron chi connectivity index (χ0n) is 21.2. The molecule has 2 aliphatic heterocycles. The Hall–Kier alpha value is -5.00. The zero-order valence-corrected chi connectivity index (χ0v) is 21.2. The maximum Gasteiger partial charge on any atom is 0.157 e. The van der Waals surface area contributed by atoms with Gasteiger partial charge in [0.25, 0.3) is 0 Å². The Morgan fingerprint density at radius 2 is 1.24 bits per heavy atom. The van der Waals surface area contributed by atoms with Gasteiger partial charge < -0.3 is 55.4 Å². The molecule has 0 aromatic heterocycles. The van der Waals surface area contributed by atoms with Crippen molar-refractivity contribution in [3.63, 3.8) is 0 Å². The molecule has 212 valence electrons. The lowest BCUT2D eigenvalue weighted by Gasteiger charge is -2.40. The minimum atomic E-state index is -1.55. The first-order valence-electron chi connectivity index (χ1n) is 12.7. The van der Waals surface area contributed by atoms with E-state index in [0.29, 0.717) is 5.56 Å². The van der Waals surface area contributed by atoms with Gasteiger partial charge in [0.2, 0.25) is 0 Å². The van der Waals surface area contributed by atoms with Crippen molar-refractivity contribution in [1.82, 2.24) is 0 Å². The molecule has 0 amide bonds. The van der Waals surface area contributed by atoms with Gasteiger partial charge in [0, 0.05) is 41.3 Å². The maximum atomic E-state index is 11.7. The summed E-state index contributed by atoms with van der Waals surface area (Å²) in [4.78, 5) is 0. The number of phenols is 7. The van der Waals surface area contributed by atoms with Gasteiger partial charge in [0.05, 0.1) is 12.0 Å². The van der Waals surface area contributed by atoms with Crippen molar-refractivity contribution in [2.24, 2.45) is 0 Å². The van der Waals surface area contributed by atoms with Gasteiger partial charge in [0.15, 0.2) is 17.6 Å². The van der Waals surface area contributed by atoms with Crippen LogP contribution in [0.5, 0.6) is 51.7 Å². The lowest BCUT2D eigenvalue weighted by molar-refractivity contribution is 0.00117.